The lowest BCUT2D eigenvalue weighted by Crippen LogP contribution is -2.43. The number of piperazine rings is 1. The second kappa shape index (κ2) is 5.61. The maximum absolute atomic E-state index is 4.77. The topological polar surface area (TPSA) is 57.5 Å². The number of aromatic nitrogens is 3. The first-order valence-corrected chi connectivity index (χ1v) is 7.93. The van der Waals surface area contributed by atoms with Gasteiger partial charge in [0.2, 0.25) is 0 Å². The highest BCUT2D eigenvalue weighted by molar-refractivity contribution is 5.56. The molecule has 6 heteroatoms. The molecule has 0 bridgehead atoms. The van der Waals surface area contributed by atoms with Crippen LogP contribution >= 0.6 is 0 Å². The number of pyridine rings is 1. The molecule has 0 saturated carbocycles. The predicted octanol–water partition coefficient (Wildman–Crippen LogP) is 0.606. The number of piperidine rings is 1. The van der Waals surface area contributed by atoms with Crippen LogP contribution < -0.4 is 15.5 Å². The van der Waals surface area contributed by atoms with Crippen molar-refractivity contribution in [3.63, 3.8) is 0 Å². The molecule has 2 aliphatic heterocycles. The van der Waals surface area contributed by atoms with Gasteiger partial charge in [0.1, 0.15) is 0 Å². The van der Waals surface area contributed by atoms with E-state index in [2.05, 4.69) is 32.8 Å². The quantitative estimate of drug-likeness (QED) is 0.847. The molecule has 0 aromatic carbocycles. The molecule has 2 fully saturated rings. The Hall–Kier alpha value is -1.66. The first-order chi connectivity index (χ1) is 10.4. The molecular formula is C15H22N6. The average Bonchev–Trinajstić information content (AvgIpc) is 2.99. The van der Waals surface area contributed by atoms with Crippen LogP contribution in [0.5, 0.6) is 0 Å². The molecule has 2 N–H and O–H groups in total. The molecule has 2 aromatic heterocycles. The minimum Gasteiger partial charge on any atom is -0.369 e. The third-order valence-corrected chi connectivity index (χ3v) is 4.52. The molecule has 6 nitrogen and oxygen atoms in total. The summed E-state index contributed by atoms with van der Waals surface area (Å²) in [5, 5.41) is 11.5. The Kier molecular flexibility index (Phi) is 3.48. The second-order valence-corrected chi connectivity index (χ2v) is 5.92. The van der Waals surface area contributed by atoms with Gasteiger partial charge in [0.05, 0.1) is 0 Å². The van der Waals surface area contributed by atoms with E-state index in [0.29, 0.717) is 5.92 Å². The van der Waals surface area contributed by atoms with Crippen LogP contribution in [0.1, 0.15) is 24.6 Å². The minimum absolute atomic E-state index is 0.508. The summed E-state index contributed by atoms with van der Waals surface area (Å²) in [5.41, 5.74) is 2.23. The van der Waals surface area contributed by atoms with Gasteiger partial charge in [-0.2, -0.15) is 5.10 Å². The zero-order valence-electron chi connectivity index (χ0n) is 12.3. The molecule has 2 saturated heterocycles. The smallest absolute Gasteiger partial charge is 0.157 e. The molecule has 0 unspecified atom stereocenters. The van der Waals surface area contributed by atoms with E-state index in [-0.39, 0.29) is 0 Å². The molecule has 0 amide bonds. The number of hydrogen-bond acceptors (Lipinski definition) is 5. The highest BCUT2D eigenvalue weighted by Crippen LogP contribution is 2.24. The fraction of sp³-hybridized carbons (Fsp3) is 0.600. The summed E-state index contributed by atoms with van der Waals surface area (Å²) < 4.78 is 1.92. The van der Waals surface area contributed by atoms with Gasteiger partial charge in [0.15, 0.2) is 11.5 Å². The molecule has 21 heavy (non-hydrogen) atoms. The van der Waals surface area contributed by atoms with Gasteiger partial charge in [0.25, 0.3) is 0 Å². The van der Waals surface area contributed by atoms with Crippen LogP contribution in [0.15, 0.2) is 18.3 Å². The summed E-state index contributed by atoms with van der Waals surface area (Å²) in [7, 11) is 0. The van der Waals surface area contributed by atoms with Crippen LogP contribution in [0, 0.1) is 0 Å². The summed E-state index contributed by atoms with van der Waals surface area (Å²) in [6.45, 7) is 6.38. The number of nitrogens with one attached hydrogen (secondary N) is 2. The summed E-state index contributed by atoms with van der Waals surface area (Å²) in [6, 6.07) is 4.32. The minimum atomic E-state index is 0.508. The van der Waals surface area contributed by atoms with Crippen molar-refractivity contribution in [1.29, 1.82) is 0 Å². The third-order valence-electron chi connectivity index (χ3n) is 4.52. The molecule has 0 aliphatic carbocycles. The van der Waals surface area contributed by atoms with Gasteiger partial charge < -0.3 is 15.5 Å². The first-order valence-electron chi connectivity index (χ1n) is 7.93. The van der Waals surface area contributed by atoms with Crippen LogP contribution in [0.25, 0.3) is 5.65 Å². The summed E-state index contributed by atoms with van der Waals surface area (Å²) in [6.07, 6.45) is 4.33. The highest BCUT2D eigenvalue weighted by Gasteiger charge is 2.20. The monoisotopic (exact) mass is 286 g/mol. The number of rotatable bonds is 2. The van der Waals surface area contributed by atoms with Gasteiger partial charge in [-0.25, -0.2) is 9.50 Å². The number of hydrogen-bond donors (Lipinski definition) is 2. The molecule has 4 heterocycles. The van der Waals surface area contributed by atoms with Crippen LogP contribution in [0.2, 0.25) is 0 Å². The largest absolute Gasteiger partial charge is 0.369 e. The van der Waals surface area contributed by atoms with Gasteiger partial charge >= 0.3 is 0 Å². The maximum atomic E-state index is 4.77. The normalized spacial score (nSPS) is 21.0. The molecule has 0 atom stereocenters. The third kappa shape index (κ3) is 2.61. The maximum Gasteiger partial charge on any atom is 0.157 e. The number of fused-ring (bicyclic) bond motifs is 1. The van der Waals surface area contributed by atoms with Crippen molar-refractivity contribution in [2.45, 2.75) is 18.8 Å². The Morgan fingerprint density at radius 3 is 2.62 bits per heavy atom. The van der Waals surface area contributed by atoms with Crippen LogP contribution in [-0.4, -0.2) is 53.9 Å². The van der Waals surface area contributed by atoms with E-state index in [9.17, 15) is 0 Å². The van der Waals surface area contributed by atoms with Crippen LogP contribution in [0.4, 0.5) is 5.69 Å². The predicted molar refractivity (Wildman–Crippen MR) is 82.9 cm³/mol. The lowest BCUT2D eigenvalue weighted by molar-refractivity contribution is 0.445. The zero-order valence-corrected chi connectivity index (χ0v) is 12.3. The molecule has 2 aromatic rings. The molecule has 2 aliphatic rings. The Morgan fingerprint density at radius 1 is 1.05 bits per heavy atom. The number of anilines is 1. The standard InChI is InChI=1S/C15H22N6/c1-4-16-5-2-12(1)15-18-14-11-13(3-8-21(14)19-15)20-9-6-17-7-10-20/h3,8,11-12,16-17H,1-2,4-7,9-10H2. The fourth-order valence-corrected chi connectivity index (χ4v) is 3.26. The lowest BCUT2D eigenvalue weighted by Gasteiger charge is -2.29. The Balaban J connectivity index is 1.61. The molecular weight excluding hydrogens is 264 g/mol. The summed E-state index contributed by atoms with van der Waals surface area (Å²) in [5.74, 6) is 1.52. The van der Waals surface area contributed by atoms with Crippen molar-refractivity contribution in [3.8, 4) is 0 Å². The van der Waals surface area contributed by atoms with Crippen LogP contribution in [0.3, 0.4) is 0 Å². The van der Waals surface area contributed by atoms with Crippen molar-refractivity contribution in [2.24, 2.45) is 0 Å². The van der Waals surface area contributed by atoms with Crippen molar-refractivity contribution >= 4 is 11.3 Å². The Labute approximate surface area is 124 Å². The summed E-state index contributed by atoms with van der Waals surface area (Å²) in [4.78, 5) is 7.19. The Bertz CT molecular complexity index is 594. The average molecular weight is 286 g/mol. The Morgan fingerprint density at radius 2 is 1.81 bits per heavy atom. The SMILES string of the molecule is c1cn2nc(C3CCNCC3)nc2cc1N1CCNCC1. The van der Waals surface area contributed by atoms with E-state index < -0.39 is 0 Å². The number of nitrogens with zero attached hydrogens (tertiary/aromatic N) is 4. The van der Waals surface area contributed by atoms with Gasteiger partial charge in [0, 0.05) is 50.0 Å². The first kappa shape index (κ1) is 13.0. The van der Waals surface area contributed by atoms with Crippen molar-refractivity contribution in [3.05, 3.63) is 24.2 Å². The van der Waals surface area contributed by atoms with Crippen molar-refractivity contribution < 1.29 is 0 Å². The zero-order chi connectivity index (χ0) is 14.1. The van der Waals surface area contributed by atoms with E-state index >= 15 is 0 Å². The van der Waals surface area contributed by atoms with Gasteiger partial charge in [-0.15, -0.1) is 0 Å². The van der Waals surface area contributed by atoms with Gasteiger partial charge in [-0.3, -0.25) is 0 Å². The van der Waals surface area contributed by atoms with E-state index in [4.69, 9.17) is 4.98 Å². The summed E-state index contributed by atoms with van der Waals surface area (Å²) >= 11 is 0. The van der Waals surface area contributed by atoms with Gasteiger partial charge in [-0.05, 0) is 32.0 Å². The molecule has 112 valence electrons. The molecule has 4 rings (SSSR count). The van der Waals surface area contributed by atoms with Crippen molar-refractivity contribution in [2.75, 3.05) is 44.2 Å². The van der Waals surface area contributed by atoms with Gasteiger partial charge in [-0.1, -0.05) is 0 Å². The van der Waals surface area contributed by atoms with Crippen LogP contribution in [-0.2, 0) is 0 Å². The highest BCUT2D eigenvalue weighted by atomic mass is 15.3. The second-order valence-electron chi connectivity index (χ2n) is 5.92. The van der Waals surface area contributed by atoms with E-state index in [1.54, 1.807) is 0 Å². The van der Waals surface area contributed by atoms with Crippen molar-refractivity contribution in [1.82, 2.24) is 25.2 Å². The van der Waals surface area contributed by atoms with E-state index in [0.717, 1.165) is 63.6 Å². The molecule has 0 spiro atoms. The fourth-order valence-electron chi connectivity index (χ4n) is 3.26. The van der Waals surface area contributed by atoms with E-state index in [1.165, 1.54) is 5.69 Å². The lowest BCUT2D eigenvalue weighted by atomic mass is 9.98. The molecule has 0 radical (unpaired) electrons. The van der Waals surface area contributed by atoms with E-state index in [1.807, 2.05) is 10.7 Å².